The van der Waals surface area contributed by atoms with E-state index in [0.717, 1.165) is 38.5 Å². The maximum absolute atomic E-state index is 14.3. The number of fused-ring (bicyclic) bond motifs is 7. The summed E-state index contributed by atoms with van der Waals surface area (Å²) in [5.41, 5.74) is 4.81. The zero-order valence-electron chi connectivity index (χ0n) is 23.0. The first-order valence-corrected chi connectivity index (χ1v) is 13.9. The fourth-order valence-corrected chi connectivity index (χ4v) is 10.4. The number of hydrogen-bond donors (Lipinski definition) is 3. The van der Waals surface area contributed by atoms with E-state index in [1.54, 1.807) is 0 Å². The lowest BCUT2D eigenvalue weighted by Crippen LogP contribution is -2.70. The van der Waals surface area contributed by atoms with Gasteiger partial charge in [0.25, 0.3) is 0 Å². The number of ketones is 1. The number of carbonyl (C=O) groups is 2. The predicted octanol–water partition coefficient (Wildman–Crippen LogP) is 5.70. The van der Waals surface area contributed by atoms with E-state index in [-0.39, 0.29) is 45.2 Å². The van der Waals surface area contributed by atoms with Gasteiger partial charge in [-0.25, -0.2) is 0 Å². The molecule has 4 N–H and O–H groups in total. The van der Waals surface area contributed by atoms with Gasteiger partial charge in [0, 0.05) is 11.3 Å². The molecule has 0 aliphatic heterocycles. The summed E-state index contributed by atoms with van der Waals surface area (Å²) < 4.78 is 0. The lowest BCUT2D eigenvalue weighted by Gasteiger charge is -2.71. The Kier molecular flexibility index (Phi) is 5.10. The van der Waals surface area contributed by atoms with E-state index in [9.17, 15) is 19.8 Å². The van der Waals surface area contributed by atoms with Crippen LogP contribution in [0.3, 0.4) is 0 Å². The van der Waals surface area contributed by atoms with Gasteiger partial charge in [-0.2, -0.15) is 0 Å². The van der Waals surface area contributed by atoms with Crippen LogP contribution in [0.25, 0.3) is 0 Å². The molecule has 0 aromatic carbocycles. The number of allylic oxidation sites excluding steroid dienone is 2. The van der Waals surface area contributed by atoms with Crippen molar-refractivity contribution in [1.29, 1.82) is 0 Å². The van der Waals surface area contributed by atoms with Crippen molar-refractivity contribution < 1.29 is 19.8 Å². The number of rotatable bonds is 1. The van der Waals surface area contributed by atoms with Crippen LogP contribution < -0.4 is 5.73 Å². The Balaban J connectivity index is 1.62. The minimum Gasteiger partial charge on any atom is -0.481 e. The summed E-state index contributed by atoms with van der Waals surface area (Å²) >= 11 is 0. The summed E-state index contributed by atoms with van der Waals surface area (Å²) in [5.74, 6) is -0.252. The number of aliphatic carboxylic acids is 1. The van der Waals surface area contributed by atoms with Gasteiger partial charge < -0.3 is 15.9 Å². The van der Waals surface area contributed by atoms with Crippen molar-refractivity contribution in [2.75, 3.05) is 0 Å². The maximum atomic E-state index is 14.3. The van der Waals surface area contributed by atoms with Crippen molar-refractivity contribution in [2.45, 2.75) is 112 Å². The molecule has 4 saturated carbocycles. The number of aliphatic hydroxyl groups is 1. The molecule has 35 heavy (non-hydrogen) atoms. The van der Waals surface area contributed by atoms with Crippen molar-refractivity contribution in [3.8, 4) is 0 Å². The first-order chi connectivity index (χ1) is 15.9. The molecule has 0 amide bonds. The Labute approximate surface area is 211 Å². The highest BCUT2D eigenvalue weighted by atomic mass is 16.4. The van der Waals surface area contributed by atoms with Crippen molar-refractivity contribution in [3.63, 3.8) is 0 Å². The predicted molar refractivity (Wildman–Crippen MR) is 136 cm³/mol. The van der Waals surface area contributed by atoms with Gasteiger partial charge in [-0.3, -0.25) is 9.59 Å². The van der Waals surface area contributed by atoms with E-state index in [1.165, 1.54) is 5.57 Å². The molecule has 5 nitrogen and oxygen atoms in total. The third kappa shape index (κ3) is 2.94. The minimum atomic E-state index is -1.22. The largest absolute Gasteiger partial charge is 0.481 e. The molecule has 5 heteroatoms. The Bertz CT molecular complexity index is 1010. The van der Waals surface area contributed by atoms with E-state index in [0.29, 0.717) is 19.3 Å². The molecule has 0 heterocycles. The van der Waals surface area contributed by atoms with Gasteiger partial charge in [-0.1, -0.05) is 47.1 Å². The van der Waals surface area contributed by atoms with Gasteiger partial charge >= 0.3 is 5.97 Å². The van der Waals surface area contributed by atoms with Crippen LogP contribution in [0.15, 0.2) is 11.6 Å². The molecule has 5 aliphatic carbocycles. The van der Waals surface area contributed by atoms with Crippen molar-refractivity contribution in [1.82, 2.24) is 0 Å². The fourth-order valence-electron chi connectivity index (χ4n) is 10.4. The average molecular weight is 486 g/mol. The normalized spacial score (nSPS) is 55.1. The van der Waals surface area contributed by atoms with Crippen LogP contribution in [0.5, 0.6) is 0 Å². The van der Waals surface area contributed by atoms with Crippen molar-refractivity contribution >= 4 is 11.8 Å². The summed E-state index contributed by atoms with van der Waals surface area (Å²) in [5, 5.41) is 21.2. The second kappa shape index (κ2) is 7.01. The maximum Gasteiger partial charge on any atom is 0.309 e. The van der Waals surface area contributed by atoms with E-state index in [4.69, 9.17) is 5.73 Å². The Morgan fingerprint density at radius 3 is 2.20 bits per heavy atom. The quantitative estimate of drug-likeness (QED) is 0.414. The lowest BCUT2D eigenvalue weighted by atomic mass is 9.33. The smallest absolute Gasteiger partial charge is 0.309 e. The van der Waals surface area contributed by atoms with Crippen molar-refractivity contribution in [3.05, 3.63) is 11.6 Å². The molecule has 5 aliphatic rings. The number of carboxylic acids is 1. The summed E-state index contributed by atoms with van der Waals surface area (Å²) in [6, 6.07) is 0. The molecular weight excluding hydrogens is 438 g/mol. The molecule has 1 unspecified atom stereocenters. The SMILES string of the molecule is CC1(C)C2CC[C@]3(C)[C@H](C(=O)C=C4[C@H]5C[C@@](C)(C(=O)O)CC[C@]5(C)CC[C@]43C)[C@@]2(C)CC[C@]1(N)O. The number of carbonyl (C=O) groups excluding carboxylic acids is 1. The van der Waals surface area contributed by atoms with Gasteiger partial charge in [0.2, 0.25) is 0 Å². The van der Waals surface area contributed by atoms with Crippen molar-refractivity contribution in [2.24, 2.45) is 56.0 Å². The fraction of sp³-hybridized carbons (Fsp3) is 0.867. The van der Waals surface area contributed by atoms with Crippen LogP contribution in [0.2, 0.25) is 0 Å². The van der Waals surface area contributed by atoms with Gasteiger partial charge in [-0.05, 0) is 104 Å². The van der Waals surface area contributed by atoms with Crippen LogP contribution in [-0.4, -0.2) is 27.7 Å². The Hall–Kier alpha value is -1.20. The summed E-state index contributed by atoms with van der Waals surface area (Å²) in [4.78, 5) is 26.5. The third-order valence-corrected chi connectivity index (χ3v) is 13.4. The summed E-state index contributed by atoms with van der Waals surface area (Å²) in [6.45, 7) is 15.5. The molecule has 0 saturated heterocycles. The van der Waals surface area contributed by atoms with Gasteiger partial charge in [-0.15, -0.1) is 0 Å². The number of hydrogen-bond acceptors (Lipinski definition) is 4. The van der Waals surface area contributed by atoms with E-state index >= 15 is 0 Å². The molecule has 0 spiro atoms. The Morgan fingerprint density at radius 2 is 1.57 bits per heavy atom. The van der Waals surface area contributed by atoms with Crippen LogP contribution in [0, 0.1) is 50.2 Å². The molecule has 196 valence electrons. The lowest BCUT2D eigenvalue weighted by molar-refractivity contribution is -0.229. The monoisotopic (exact) mass is 485 g/mol. The first-order valence-electron chi connectivity index (χ1n) is 13.9. The van der Waals surface area contributed by atoms with Gasteiger partial charge in [0.05, 0.1) is 5.41 Å². The first kappa shape index (κ1) is 25.4. The van der Waals surface area contributed by atoms with E-state index in [1.807, 2.05) is 13.0 Å². The molecular formula is C30H47NO4. The highest BCUT2D eigenvalue weighted by Gasteiger charge is 2.71. The zero-order chi connectivity index (χ0) is 26.0. The second-order valence-corrected chi connectivity index (χ2v) is 15.2. The topological polar surface area (TPSA) is 101 Å². The highest BCUT2D eigenvalue weighted by molar-refractivity contribution is 5.95. The second-order valence-electron chi connectivity index (χ2n) is 15.2. The number of carboxylic acid groups (broad SMARTS) is 1. The number of nitrogens with two attached hydrogens (primary N) is 1. The Morgan fingerprint density at radius 1 is 0.943 bits per heavy atom. The third-order valence-electron chi connectivity index (χ3n) is 13.4. The average Bonchev–Trinajstić information content (AvgIpc) is 2.74. The standard InChI is InChI=1S/C30H47NO4/c1-24(2)21-8-9-29(7)22(27(21,5)13-15-30(24,31)35)20(32)16-18-19-17-26(4,23(33)34)11-10-25(19,3)12-14-28(18,29)6/h16,19,21-22,35H,8-15,17,31H2,1-7H3,(H,33,34)/t19-,21?,22-,25-,26+,27+,28-,29-,30+/m1/s1. The molecule has 0 aromatic rings. The molecule has 4 fully saturated rings. The summed E-state index contributed by atoms with van der Waals surface area (Å²) in [7, 11) is 0. The van der Waals surface area contributed by atoms with E-state index < -0.39 is 22.5 Å². The van der Waals surface area contributed by atoms with Gasteiger partial charge in [0.15, 0.2) is 5.78 Å². The molecule has 5 rings (SSSR count). The molecule has 9 atom stereocenters. The van der Waals surface area contributed by atoms with Crippen LogP contribution >= 0.6 is 0 Å². The zero-order valence-corrected chi connectivity index (χ0v) is 23.0. The molecule has 0 bridgehead atoms. The minimum absolute atomic E-state index is 0.0632. The van der Waals surface area contributed by atoms with E-state index in [2.05, 4.69) is 41.5 Å². The molecule has 0 radical (unpaired) electrons. The van der Waals surface area contributed by atoms with Crippen LogP contribution in [0.1, 0.15) is 106 Å². The summed E-state index contributed by atoms with van der Waals surface area (Å²) in [6.07, 6.45) is 9.56. The van der Waals surface area contributed by atoms with Crippen LogP contribution in [-0.2, 0) is 9.59 Å². The van der Waals surface area contributed by atoms with Gasteiger partial charge in [0.1, 0.15) is 5.72 Å². The van der Waals surface area contributed by atoms with Crippen LogP contribution in [0.4, 0.5) is 0 Å². The molecule has 0 aromatic heterocycles. The highest BCUT2D eigenvalue weighted by Crippen LogP contribution is 2.75.